The summed E-state index contributed by atoms with van der Waals surface area (Å²) in [6.45, 7) is 1.64. The molecule has 56 valence electrons. The molecule has 0 aromatic carbocycles. The van der Waals surface area contributed by atoms with E-state index in [9.17, 15) is 4.79 Å². The molecule has 1 unspecified atom stereocenters. The Morgan fingerprint density at radius 3 is 2.33 bits per heavy atom. The van der Waals surface area contributed by atoms with E-state index in [2.05, 4.69) is 0 Å². The Labute approximate surface area is 65.6 Å². The highest BCUT2D eigenvalue weighted by Crippen LogP contribution is 2.01. The maximum atomic E-state index is 10.0. The molecule has 1 N–H and O–H groups in total. The van der Waals surface area contributed by atoms with Gasteiger partial charge in [-0.05, 0) is 6.42 Å². The predicted octanol–water partition coefficient (Wildman–Crippen LogP) is 1.76. The lowest BCUT2D eigenvalue weighted by atomic mass is 10.1. The number of halogens is 2. The molecule has 0 fully saturated rings. The maximum absolute atomic E-state index is 10.0. The maximum Gasteiger partial charge on any atom is 0.306 e. The van der Waals surface area contributed by atoms with E-state index >= 15 is 0 Å². The van der Waals surface area contributed by atoms with Gasteiger partial charge >= 0.3 is 5.97 Å². The van der Waals surface area contributed by atoms with E-state index in [-0.39, 0.29) is 18.3 Å². The monoisotopic (exact) mass is 172 g/mol. The highest BCUT2D eigenvalue weighted by Gasteiger charge is 2.07. The molecule has 0 saturated heterocycles. The minimum Gasteiger partial charge on any atom is -0.481 e. The number of hydrogen-bond acceptors (Lipinski definition) is 1. The molecule has 0 aliphatic heterocycles. The smallest absolute Gasteiger partial charge is 0.306 e. The number of hydrogen-bond donors (Lipinski definition) is 1. The summed E-state index contributed by atoms with van der Waals surface area (Å²) in [6.07, 6.45) is 0.552. The van der Waals surface area contributed by atoms with Crippen molar-refractivity contribution in [2.75, 3.05) is 5.88 Å². The van der Waals surface area contributed by atoms with E-state index in [0.717, 1.165) is 0 Å². The van der Waals surface area contributed by atoms with E-state index in [1.807, 2.05) is 0 Å². The quantitative estimate of drug-likeness (QED) is 0.660. The van der Waals surface area contributed by atoms with Crippen LogP contribution in [0.2, 0.25) is 0 Å². The topological polar surface area (TPSA) is 37.3 Å². The lowest BCUT2D eigenvalue weighted by Gasteiger charge is -1.99. The van der Waals surface area contributed by atoms with Crippen LogP contribution in [0.25, 0.3) is 0 Å². The molecular formula is C5H10Cl2O2. The summed E-state index contributed by atoms with van der Waals surface area (Å²) in [5.74, 6) is -0.647. The lowest BCUT2D eigenvalue weighted by molar-refractivity contribution is -0.141. The van der Waals surface area contributed by atoms with Crippen molar-refractivity contribution in [3.8, 4) is 0 Å². The molecule has 9 heavy (non-hydrogen) atoms. The molecule has 0 aliphatic rings. The molecule has 0 heterocycles. The van der Waals surface area contributed by atoms with E-state index in [0.29, 0.717) is 12.3 Å². The first kappa shape index (κ1) is 11.8. The fourth-order valence-corrected chi connectivity index (χ4v) is 0.614. The van der Waals surface area contributed by atoms with Gasteiger partial charge in [-0.1, -0.05) is 6.92 Å². The Morgan fingerprint density at radius 2 is 2.22 bits per heavy atom. The van der Waals surface area contributed by atoms with Crippen molar-refractivity contribution in [3.63, 3.8) is 0 Å². The number of alkyl halides is 1. The number of carbonyl (C=O) groups is 1. The van der Waals surface area contributed by atoms with Crippen molar-refractivity contribution in [2.24, 2.45) is 5.92 Å². The van der Waals surface area contributed by atoms with Crippen LogP contribution in [-0.2, 0) is 4.79 Å². The van der Waals surface area contributed by atoms with Crippen molar-refractivity contribution >= 4 is 30.0 Å². The molecule has 0 amide bonds. The molecule has 1 atom stereocenters. The van der Waals surface area contributed by atoms with Gasteiger partial charge < -0.3 is 5.11 Å². The van der Waals surface area contributed by atoms with Crippen LogP contribution in [0, 0.1) is 5.92 Å². The standard InChI is InChI=1S/C5H9ClO2.ClH/c1-4(2-3-6)5(7)8;/h4H,2-3H2,1H3,(H,7,8);1H. The van der Waals surface area contributed by atoms with Crippen LogP contribution in [0.3, 0.4) is 0 Å². The summed E-state index contributed by atoms with van der Waals surface area (Å²) in [4.78, 5) is 10.0. The van der Waals surface area contributed by atoms with Crippen LogP contribution in [0.5, 0.6) is 0 Å². The first-order chi connectivity index (χ1) is 3.68. The van der Waals surface area contributed by atoms with Gasteiger partial charge in [0.25, 0.3) is 0 Å². The van der Waals surface area contributed by atoms with Crippen molar-refractivity contribution in [3.05, 3.63) is 0 Å². The molecular weight excluding hydrogens is 163 g/mol. The number of carboxylic acid groups (broad SMARTS) is 1. The van der Waals surface area contributed by atoms with Crippen LogP contribution in [0.4, 0.5) is 0 Å². The van der Waals surface area contributed by atoms with Crippen molar-refractivity contribution in [1.82, 2.24) is 0 Å². The zero-order chi connectivity index (χ0) is 6.57. The minimum absolute atomic E-state index is 0. The summed E-state index contributed by atoms with van der Waals surface area (Å²) >= 11 is 5.28. The van der Waals surface area contributed by atoms with Gasteiger partial charge in [0.2, 0.25) is 0 Å². The van der Waals surface area contributed by atoms with Gasteiger partial charge in [-0.15, -0.1) is 24.0 Å². The third-order valence-corrected chi connectivity index (χ3v) is 1.18. The summed E-state index contributed by atoms with van der Waals surface area (Å²) in [7, 11) is 0. The molecule has 0 aromatic heterocycles. The SMILES string of the molecule is CC(CCCl)C(=O)O.Cl. The van der Waals surface area contributed by atoms with E-state index in [1.54, 1.807) is 6.92 Å². The molecule has 4 heteroatoms. The Balaban J connectivity index is 0. The molecule has 0 aromatic rings. The summed E-state index contributed by atoms with van der Waals surface area (Å²) in [5.41, 5.74) is 0. The Hall–Kier alpha value is 0.0500. The molecule has 0 radical (unpaired) electrons. The summed E-state index contributed by atoms with van der Waals surface area (Å²) in [5, 5.41) is 8.25. The van der Waals surface area contributed by atoms with Gasteiger partial charge in [-0.2, -0.15) is 0 Å². The fraction of sp³-hybridized carbons (Fsp3) is 0.800. The second-order valence-corrected chi connectivity index (χ2v) is 2.09. The summed E-state index contributed by atoms with van der Waals surface area (Å²) in [6, 6.07) is 0. The van der Waals surface area contributed by atoms with Crippen LogP contribution in [-0.4, -0.2) is 17.0 Å². The Bertz CT molecular complexity index is 85.0. The van der Waals surface area contributed by atoms with Crippen LogP contribution in [0.1, 0.15) is 13.3 Å². The number of rotatable bonds is 3. The van der Waals surface area contributed by atoms with Gasteiger partial charge in [0.1, 0.15) is 0 Å². The highest BCUT2D eigenvalue weighted by molar-refractivity contribution is 6.17. The third kappa shape index (κ3) is 5.93. The fourth-order valence-electron chi connectivity index (χ4n) is 0.287. The lowest BCUT2D eigenvalue weighted by Crippen LogP contribution is -2.09. The number of aliphatic carboxylic acids is 1. The van der Waals surface area contributed by atoms with Gasteiger partial charge in [-0.3, -0.25) is 4.79 Å². The second kappa shape index (κ2) is 6.17. The summed E-state index contributed by atoms with van der Waals surface area (Å²) < 4.78 is 0. The van der Waals surface area contributed by atoms with Crippen molar-refractivity contribution in [2.45, 2.75) is 13.3 Å². The van der Waals surface area contributed by atoms with Crippen LogP contribution < -0.4 is 0 Å². The normalized spacial score (nSPS) is 11.8. The molecule has 0 bridgehead atoms. The zero-order valence-electron chi connectivity index (χ0n) is 5.13. The highest BCUT2D eigenvalue weighted by atomic mass is 35.5. The van der Waals surface area contributed by atoms with Gasteiger partial charge in [-0.25, -0.2) is 0 Å². The third-order valence-electron chi connectivity index (χ3n) is 0.964. The second-order valence-electron chi connectivity index (χ2n) is 1.72. The van der Waals surface area contributed by atoms with E-state index in [4.69, 9.17) is 16.7 Å². The van der Waals surface area contributed by atoms with Gasteiger partial charge in [0, 0.05) is 5.88 Å². The molecule has 0 saturated carbocycles. The van der Waals surface area contributed by atoms with E-state index in [1.165, 1.54) is 0 Å². The first-order valence-corrected chi connectivity index (χ1v) is 3.00. The zero-order valence-corrected chi connectivity index (χ0v) is 6.71. The molecule has 0 rings (SSSR count). The molecule has 2 nitrogen and oxygen atoms in total. The van der Waals surface area contributed by atoms with Crippen LogP contribution in [0.15, 0.2) is 0 Å². The van der Waals surface area contributed by atoms with Crippen LogP contribution >= 0.6 is 24.0 Å². The van der Waals surface area contributed by atoms with Gasteiger partial charge in [0.15, 0.2) is 0 Å². The van der Waals surface area contributed by atoms with Crippen molar-refractivity contribution < 1.29 is 9.90 Å². The Morgan fingerprint density at radius 1 is 1.78 bits per heavy atom. The van der Waals surface area contributed by atoms with Crippen molar-refractivity contribution in [1.29, 1.82) is 0 Å². The number of carboxylic acids is 1. The van der Waals surface area contributed by atoms with E-state index < -0.39 is 5.97 Å². The molecule has 0 aliphatic carbocycles. The minimum atomic E-state index is -0.773. The average Bonchev–Trinajstić information content (AvgIpc) is 1.67. The average molecular weight is 173 g/mol. The first-order valence-electron chi connectivity index (χ1n) is 2.47. The van der Waals surface area contributed by atoms with Gasteiger partial charge in [0.05, 0.1) is 5.92 Å². The predicted molar refractivity (Wildman–Crippen MR) is 39.4 cm³/mol. The molecule has 0 spiro atoms. The largest absolute Gasteiger partial charge is 0.481 e. The Kier molecular flexibility index (Phi) is 8.09.